The molecule has 4 nitrogen and oxygen atoms in total. The molecule has 2 rings (SSSR count). The highest BCUT2D eigenvalue weighted by molar-refractivity contribution is 6.19. The van der Waals surface area contributed by atoms with Crippen LogP contribution in [-0.4, -0.2) is 50.4 Å². The van der Waals surface area contributed by atoms with Gasteiger partial charge < -0.3 is 19.5 Å². The van der Waals surface area contributed by atoms with E-state index >= 15 is 0 Å². The van der Waals surface area contributed by atoms with E-state index in [4.69, 9.17) is 25.8 Å². The summed E-state index contributed by atoms with van der Waals surface area (Å²) < 4.78 is 43.9. The first kappa shape index (κ1) is 25.9. The average molecular weight is 460 g/mol. The highest BCUT2D eigenvalue weighted by Gasteiger charge is 2.45. The lowest BCUT2D eigenvalue weighted by molar-refractivity contribution is -0.0904. The van der Waals surface area contributed by atoms with E-state index in [1.807, 2.05) is 25.2 Å². The lowest BCUT2D eigenvalue weighted by Crippen LogP contribution is -2.48. The predicted octanol–water partition coefficient (Wildman–Crippen LogP) is 5.75. The minimum Gasteiger partial charge on any atom is -0.490 e. The third kappa shape index (κ3) is 7.92. The van der Waals surface area contributed by atoms with Crippen LogP contribution in [0.1, 0.15) is 46.5 Å². The van der Waals surface area contributed by atoms with E-state index < -0.39 is 5.92 Å². The number of alkyl halides is 3. The van der Waals surface area contributed by atoms with Crippen molar-refractivity contribution in [3.05, 3.63) is 47.4 Å². The Hall–Kier alpha value is -1.37. The quantitative estimate of drug-likeness (QED) is 0.229. The van der Waals surface area contributed by atoms with Crippen molar-refractivity contribution < 1.29 is 23.0 Å². The first-order valence-electron chi connectivity index (χ1n) is 10.9. The largest absolute Gasteiger partial charge is 0.490 e. The molecule has 1 fully saturated rings. The lowest BCUT2D eigenvalue weighted by Gasteiger charge is -2.37. The summed E-state index contributed by atoms with van der Waals surface area (Å²) in [5, 5.41) is 3.16. The van der Waals surface area contributed by atoms with Crippen LogP contribution in [0.2, 0.25) is 0 Å². The summed E-state index contributed by atoms with van der Waals surface area (Å²) in [7, 11) is 1.66. The Labute approximate surface area is 190 Å². The highest BCUT2D eigenvalue weighted by Crippen LogP contribution is 2.38. The van der Waals surface area contributed by atoms with Crippen LogP contribution in [0.25, 0.3) is 0 Å². The number of allylic oxidation sites excluding steroid dienone is 3. The molecule has 1 N–H and O–H groups in total. The van der Waals surface area contributed by atoms with Crippen molar-refractivity contribution in [3.63, 3.8) is 0 Å². The zero-order valence-corrected chi connectivity index (χ0v) is 19.8. The van der Waals surface area contributed by atoms with Gasteiger partial charge in [0, 0.05) is 49.8 Å². The number of methoxy groups -OCH3 is 1. The lowest BCUT2D eigenvalue weighted by atomic mass is 9.87. The molecule has 0 bridgehead atoms. The maximum atomic E-state index is 13.3. The van der Waals surface area contributed by atoms with Gasteiger partial charge in [-0.05, 0) is 43.4 Å². The smallest absolute Gasteiger partial charge is 0.252 e. The Balaban J connectivity index is 2.23. The maximum Gasteiger partial charge on any atom is 0.252 e. The van der Waals surface area contributed by atoms with Crippen LogP contribution in [-0.2, 0) is 14.2 Å². The summed E-state index contributed by atoms with van der Waals surface area (Å²) in [5.41, 5.74) is 2.41. The summed E-state index contributed by atoms with van der Waals surface area (Å²) in [6.07, 6.45) is 6.56. The first-order chi connectivity index (χ1) is 14.7. The van der Waals surface area contributed by atoms with E-state index in [-0.39, 0.29) is 31.1 Å². The maximum absolute atomic E-state index is 13.3. The third-order valence-electron chi connectivity index (χ3n) is 5.68. The van der Waals surface area contributed by atoms with E-state index in [0.717, 1.165) is 17.6 Å². The molecule has 0 heterocycles. The van der Waals surface area contributed by atoms with Gasteiger partial charge in [-0.2, -0.15) is 0 Å². The summed E-state index contributed by atoms with van der Waals surface area (Å²) >= 11 is 6.20. The number of hydrogen-bond acceptors (Lipinski definition) is 4. The molecule has 0 spiro atoms. The Kier molecular flexibility index (Phi) is 10.0. The molecule has 0 radical (unpaired) electrons. The van der Waals surface area contributed by atoms with Gasteiger partial charge in [-0.25, -0.2) is 8.78 Å². The summed E-state index contributed by atoms with van der Waals surface area (Å²) in [6, 6.07) is -0.276. The number of ether oxygens (including phenoxy) is 3. The third-order valence-corrected chi connectivity index (χ3v) is 5.99. The van der Waals surface area contributed by atoms with Crippen LogP contribution in [0.15, 0.2) is 47.4 Å². The number of halogens is 3. The molecule has 31 heavy (non-hydrogen) atoms. The normalized spacial score (nSPS) is 27.5. The van der Waals surface area contributed by atoms with Crippen LogP contribution in [0, 0.1) is 5.92 Å². The molecule has 0 amide bonds. The second kappa shape index (κ2) is 12.0. The van der Waals surface area contributed by atoms with Crippen LogP contribution in [0.3, 0.4) is 0 Å². The van der Waals surface area contributed by atoms with Gasteiger partial charge >= 0.3 is 0 Å². The van der Waals surface area contributed by atoms with Gasteiger partial charge in [0.15, 0.2) is 0 Å². The molecule has 0 aliphatic heterocycles. The predicted molar refractivity (Wildman–Crippen MR) is 121 cm³/mol. The van der Waals surface area contributed by atoms with Gasteiger partial charge in [0.2, 0.25) is 0 Å². The molecule has 0 saturated heterocycles. The molecule has 0 aromatic rings. The zero-order chi connectivity index (χ0) is 23.0. The monoisotopic (exact) mass is 459 g/mol. The first-order valence-corrected chi connectivity index (χ1v) is 11.5. The van der Waals surface area contributed by atoms with Crippen molar-refractivity contribution in [3.8, 4) is 0 Å². The van der Waals surface area contributed by atoms with Crippen LogP contribution >= 0.6 is 11.6 Å². The van der Waals surface area contributed by atoms with Crippen molar-refractivity contribution in [2.45, 2.75) is 70.6 Å². The van der Waals surface area contributed by atoms with Gasteiger partial charge in [-0.3, -0.25) is 0 Å². The molecule has 0 aromatic carbocycles. The standard InChI is InChI=1S/C24H36ClF2NO3/c1-16(2)18(4)31-23-10-9-22(30-12-6-11-29-5)19(15-25)7-8-21(23)17(3)28-20-13-24(26,27)14-20/h7,9-10,16,18,20,22,28H,3,6,8,11-15H2,1-2,4-5H3/b10-9-,19-7-,23-21-. The molecule has 1 saturated carbocycles. The number of hydrogen-bond donors (Lipinski definition) is 1. The molecule has 2 unspecified atom stereocenters. The average Bonchev–Trinajstić information content (AvgIpc) is 2.67. The van der Waals surface area contributed by atoms with Crippen molar-refractivity contribution in [1.82, 2.24) is 5.32 Å². The fourth-order valence-electron chi connectivity index (χ4n) is 3.37. The van der Waals surface area contributed by atoms with Crippen LogP contribution in [0.5, 0.6) is 0 Å². The second-order valence-electron chi connectivity index (χ2n) is 8.61. The molecular formula is C24H36ClF2NO3. The van der Waals surface area contributed by atoms with Gasteiger partial charge in [0.1, 0.15) is 5.76 Å². The number of nitrogens with one attached hydrogen (secondary N) is 1. The fraction of sp³-hybridized carbons (Fsp3) is 0.667. The molecule has 2 aliphatic carbocycles. The van der Waals surface area contributed by atoms with Gasteiger partial charge in [0.05, 0.1) is 18.8 Å². The summed E-state index contributed by atoms with van der Waals surface area (Å²) in [6.45, 7) is 11.5. The summed E-state index contributed by atoms with van der Waals surface area (Å²) in [5.74, 6) is -1.26. The van der Waals surface area contributed by atoms with E-state index in [9.17, 15) is 8.78 Å². The molecule has 0 aromatic heterocycles. The topological polar surface area (TPSA) is 39.7 Å². The minimum atomic E-state index is -2.59. The van der Waals surface area contributed by atoms with E-state index in [0.29, 0.717) is 42.9 Å². The Morgan fingerprint density at radius 2 is 2.00 bits per heavy atom. The molecule has 2 aliphatic rings. The van der Waals surface area contributed by atoms with Crippen molar-refractivity contribution in [2.75, 3.05) is 26.2 Å². The van der Waals surface area contributed by atoms with E-state index in [2.05, 4.69) is 25.7 Å². The Morgan fingerprint density at radius 1 is 1.29 bits per heavy atom. The number of rotatable bonds is 12. The van der Waals surface area contributed by atoms with E-state index in [1.54, 1.807) is 7.11 Å². The highest BCUT2D eigenvalue weighted by atomic mass is 35.5. The van der Waals surface area contributed by atoms with E-state index in [1.165, 1.54) is 0 Å². The van der Waals surface area contributed by atoms with Gasteiger partial charge in [-0.15, -0.1) is 11.6 Å². The summed E-state index contributed by atoms with van der Waals surface area (Å²) in [4.78, 5) is 0. The van der Waals surface area contributed by atoms with Crippen LogP contribution in [0.4, 0.5) is 8.78 Å². The molecule has 176 valence electrons. The van der Waals surface area contributed by atoms with Crippen molar-refractivity contribution >= 4 is 11.6 Å². The SMILES string of the molecule is C=C(NC1CC(F)(F)C1)/C1=C(OC(C)C(C)C)/C=C\C(OCCCOC)/C(CCl)=C\C1. The fourth-order valence-corrected chi connectivity index (χ4v) is 3.63. The van der Waals surface area contributed by atoms with Gasteiger partial charge in [-0.1, -0.05) is 26.5 Å². The Bertz CT molecular complexity index is 695. The molecule has 7 heteroatoms. The minimum absolute atomic E-state index is 0.0209. The second-order valence-corrected chi connectivity index (χ2v) is 8.87. The zero-order valence-electron chi connectivity index (χ0n) is 19.1. The molecular weight excluding hydrogens is 424 g/mol. The molecule has 2 atom stereocenters. The van der Waals surface area contributed by atoms with Crippen molar-refractivity contribution in [2.24, 2.45) is 5.92 Å². The van der Waals surface area contributed by atoms with Crippen molar-refractivity contribution in [1.29, 1.82) is 0 Å². The van der Waals surface area contributed by atoms with Gasteiger partial charge in [0.25, 0.3) is 5.92 Å². The Morgan fingerprint density at radius 3 is 2.58 bits per heavy atom. The van der Waals surface area contributed by atoms with Crippen LogP contribution < -0.4 is 5.32 Å².